The molecule has 5 heteroatoms. The summed E-state index contributed by atoms with van der Waals surface area (Å²) in [5.41, 5.74) is 0.829. The molecule has 0 spiro atoms. The molecule has 1 rings (SSSR count). The first-order valence-electron chi connectivity index (χ1n) is 4.05. The Morgan fingerprint density at radius 3 is 2.46 bits per heavy atom. The zero-order chi connectivity index (χ0) is 9.68. The number of aromatic nitrogens is 2. The molecular weight excluding hydrogens is 170 g/mol. The number of aryl methyl sites for hydroxylation is 1. The highest BCUT2D eigenvalue weighted by atomic mass is 16.3. The summed E-state index contributed by atoms with van der Waals surface area (Å²) in [5, 5.41) is 28.0. The molecular formula is C8H13N3O2. The maximum absolute atomic E-state index is 8.77. The number of rotatable bonds is 4. The Bertz CT molecular complexity index is 246. The summed E-state index contributed by atoms with van der Waals surface area (Å²) in [7, 11) is 0. The van der Waals surface area contributed by atoms with E-state index < -0.39 is 0 Å². The fraction of sp³-hybridized carbons (Fsp3) is 0.500. The van der Waals surface area contributed by atoms with Crippen molar-refractivity contribution in [2.45, 2.75) is 13.0 Å². The van der Waals surface area contributed by atoms with Gasteiger partial charge in [-0.3, -0.25) is 0 Å². The monoisotopic (exact) mass is 183 g/mol. The van der Waals surface area contributed by atoms with Crippen LogP contribution in [0.2, 0.25) is 0 Å². The van der Waals surface area contributed by atoms with Crippen molar-refractivity contribution in [3.63, 3.8) is 0 Å². The first-order chi connectivity index (χ1) is 6.26. The van der Waals surface area contributed by atoms with Gasteiger partial charge in [-0.1, -0.05) is 0 Å². The van der Waals surface area contributed by atoms with Crippen molar-refractivity contribution in [3.8, 4) is 0 Å². The molecule has 0 aliphatic carbocycles. The second kappa shape index (κ2) is 4.74. The lowest BCUT2D eigenvalue weighted by molar-refractivity contribution is 0.203. The van der Waals surface area contributed by atoms with E-state index in [9.17, 15) is 0 Å². The third kappa shape index (κ3) is 2.96. The normalized spacial score (nSPS) is 10.5. The number of aliphatic hydroxyl groups excluding tert-OH is 2. The number of nitrogens with one attached hydrogen (secondary N) is 1. The van der Waals surface area contributed by atoms with E-state index in [2.05, 4.69) is 15.5 Å². The number of hydrogen-bond donors (Lipinski definition) is 3. The van der Waals surface area contributed by atoms with Gasteiger partial charge in [-0.05, 0) is 19.1 Å². The molecule has 1 heterocycles. The highest BCUT2D eigenvalue weighted by molar-refractivity contribution is 5.34. The van der Waals surface area contributed by atoms with Gasteiger partial charge in [0.05, 0.1) is 24.9 Å². The molecule has 0 unspecified atom stereocenters. The minimum absolute atomic E-state index is 0.133. The SMILES string of the molecule is Cc1ccc(NC(CO)CO)nn1. The maximum Gasteiger partial charge on any atom is 0.149 e. The van der Waals surface area contributed by atoms with Crippen LogP contribution in [0.5, 0.6) is 0 Å². The van der Waals surface area contributed by atoms with Gasteiger partial charge in [0.1, 0.15) is 5.82 Å². The van der Waals surface area contributed by atoms with Crippen LogP contribution in [0.15, 0.2) is 12.1 Å². The van der Waals surface area contributed by atoms with E-state index in [1.807, 2.05) is 6.92 Å². The third-order valence-corrected chi connectivity index (χ3v) is 1.59. The van der Waals surface area contributed by atoms with E-state index in [1.165, 1.54) is 0 Å². The van der Waals surface area contributed by atoms with E-state index in [-0.39, 0.29) is 19.3 Å². The average molecular weight is 183 g/mol. The molecule has 0 aromatic carbocycles. The predicted molar refractivity (Wildman–Crippen MR) is 48.4 cm³/mol. The second-order valence-electron chi connectivity index (χ2n) is 2.77. The lowest BCUT2D eigenvalue weighted by atomic mass is 10.3. The molecule has 0 saturated carbocycles. The molecule has 5 nitrogen and oxygen atoms in total. The molecule has 1 aromatic rings. The highest BCUT2D eigenvalue weighted by Gasteiger charge is 2.05. The molecule has 72 valence electrons. The summed E-state index contributed by atoms with van der Waals surface area (Å²) in [6, 6.07) is 3.18. The van der Waals surface area contributed by atoms with Crippen LogP contribution < -0.4 is 5.32 Å². The number of nitrogens with zero attached hydrogens (tertiary/aromatic N) is 2. The fourth-order valence-electron chi connectivity index (χ4n) is 0.834. The van der Waals surface area contributed by atoms with Crippen LogP contribution in [-0.4, -0.2) is 39.7 Å². The molecule has 0 radical (unpaired) electrons. The van der Waals surface area contributed by atoms with Crippen LogP contribution in [0.1, 0.15) is 5.69 Å². The Morgan fingerprint density at radius 2 is 2.00 bits per heavy atom. The van der Waals surface area contributed by atoms with Crippen molar-refractivity contribution in [1.29, 1.82) is 0 Å². The molecule has 0 bridgehead atoms. The largest absolute Gasteiger partial charge is 0.394 e. The standard InChI is InChI=1S/C8H13N3O2/c1-6-2-3-8(11-10-6)9-7(4-12)5-13/h2-3,7,12-13H,4-5H2,1H3,(H,9,11). The Kier molecular flexibility index (Phi) is 3.60. The van der Waals surface area contributed by atoms with Crippen molar-refractivity contribution in [2.75, 3.05) is 18.5 Å². The third-order valence-electron chi connectivity index (χ3n) is 1.59. The topological polar surface area (TPSA) is 78.3 Å². The first-order valence-corrected chi connectivity index (χ1v) is 4.05. The number of aliphatic hydroxyl groups is 2. The minimum atomic E-state index is -0.378. The molecule has 0 aliphatic heterocycles. The summed E-state index contributed by atoms with van der Waals surface area (Å²) in [4.78, 5) is 0. The van der Waals surface area contributed by atoms with Crippen molar-refractivity contribution in [2.24, 2.45) is 0 Å². The zero-order valence-electron chi connectivity index (χ0n) is 7.44. The molecule has 0 atom stereocenters. The van der Waals surface area contributed by atoms with Gasteiger partial charge in [0.2, 0.25) is 0 Å². The molecule has 0 amide bonds. The quantitative estimate of drug-likeness (QED) is 0.589. The van der Waals surface area contributed by atoms with E-state index >= 15 is 0 Å². The van der Waals surface area contributed by atoms with Crippen LogP contribution in [0.3, 0.4) is 0 Å². The van der Waals surface area contributed by atoms with Gasteiger partial charge in [0.25, 0.3) is 0 Å². The molecule has 1 aromatic heterocycles. The molecule has 0 fully saturated rings. The number of hydrogen-bond acceptors (Lipinski definition) is 5. The van der Waals surface area contributed by atoms with E-state index in [4.69, 9.17) is 10.2 Å². The van der Waals surface area contributed by atoms with Gasteiger partial charge in [-0.25, -0.2) is 0 Å². The van der Waals surface area contributed by atoms with E-state index in [1.54, 1.807) is 12.1 Å². The van der Waals surface area contributed by atoms with Gasteiger partial charge in [-0.15, -0.1) is 5.10 Å². The second-order valence-corrected chi connectivity index (χ2v) is 2.77. The fourth-order valence-corrected chi connectivity index (χ4v) is 0.834. The maximum atomic E-state index is 8.77. The van der Waals surface area contributed by atoms with Crippen LogP contribution in [0.4, 0.5) is 5.82 Å². The molecule has 13 heavy (non-hydrogen) atoms. The Morgan fingerprint density at radius 1 is 1.31 bits per heavy atom. The Hall–Kier alpha value is -1.20. The van der Waals surface area contributed by atoms with Gasteiger partial charge in [-0.2, -0.15) is 5.10 Å². The smallest absolute Gasteiger partial charge is 0.149 e. The van der Waals surface area contributed by atoms with E-state index in [0.717, 1.165) is 5.69 Å². The van der Waals surface area contributed by atoms with Gasteiger partial charge >= 0.3 is 0 Å². The zero-order valence-corrected chi connectivity index (χ0v) is 7.44. The summed E-state index contributed by atoms with van der Waals surface area (Å²) in [5.74, 6) is 0.554. The van der Waals surface area contributed by atoms with Crippen molar-refractivity contribution >= 4 is 5.82 Å². The summed E-state index contributed by atoms with van der Waals surface area (Å²) >= 11 is 0. The summed E-state index contributed by atoms with van der Waals surface area (Å²) in [6.45, 7) is 1.57. The van der Waals surface area contributed by atoms with Gasteiger partial charge < -0.3 is 15.5 Å². The lowest BCUT2D eigenvalue weighted by Crippen LogP contribution is -2.28. The minimum Gasteiger partial charge on any atom is -0.394 e. The predicted octanol–water partition coefficient (Wildman–Crippen LogP) is -0.450. The molecule has 0 aliphatic rings. The lowest BCUT2D eigenvalue weighted by Gasteiger charge is -2.12. The summed E-state index contributed by atoms with van der Waals surface area (Å²) < 4.78 is 0. The Balaban J connectivity index is 2.58. The van der Waals surface area contributed by atoms with E-state index in [0.29, 0.717) is 5.82 Å². The van der Waals surface area contributed by atoms with Gasteiger partial charge in [0.15, 0.2) is 0 Å². The average Bonchev–Trinajstić information content (AvgIpc) is 2.17. The highest BCUT2D eigenvalue weighted by Crippen LogP contribution is 2.02. The van der Waals surface area contributed by atoms with Crippen LogP contribution in [0, 0.1) is 6.92 Å². The van der Waals surface area contributed by atoms with Crippen molar-refractivity contribution in [3.05, 3.63) is 17.8 Å². The van der Waals surface area contributed by atoms with Crippen LogP contribution >= 0.6 is 0 Å². The molecule has 3 N–H and O–H groups in total. The number of anilines is 1. The first kappa shape index (κ1) is 9.88. The van der Waals surface area contributed by atoms with Crippen LogP contribution in [-0.2, 0) is 0 Å². The van der Waals surface area contributed by atoms with Crippen molar-refractivity contribution < 1.29 is 10.2 Å². The Labute approximate surface area is 76.4 Å². The van der Waals surface area contributed by atoms with Gasteiger partial charge in [0, 0.05) is 0 Å². The van der Waals surface area contributed by atoms with Crippen LogP contribution in [0.25, 0.3) is 0 Å². The summed E-state index contributed by atoms with van der Waals surface area (Å²) in [6.07, 6.45) is 0. The van der Waals surface area contributed by atoms with Crippen molar-refractivity contribution in [1.82, 2.24) is 10.2 Å². The molecule has 0 saturated heterocycles.